The fourth-order valence-electron chi connectivity index (χ4n) is 2.97. The molecule has 112 valence electrons. The van der Waals surface area contributed by atoms with Gasteiger partial charge in [-0.15, -0.1) is 0 Å². The highest BCUT2D eigenvalue weighted by molar-refractivity contribution is 9.10. The third-order valence-corrected chi connectivity index (χ3v) is 4.72. The van der Waals surface area contributed by atoms with Crippen molar-refractivity contribution in [2.45, 2.75) is 6.42 Å². The number of fused-ring (bicyclic) bond motifs is 1. The molecular formula is C18H13BrN4. The van der Waals surface area contributed by atoms with Crippen LogP contribution in [0, 0.1) is 11.3 Å². The summed E-state index contributed by atoms with van der Waals surface area (Å²) in [5.41, 5.74) is 4.65. The predicted octanol–water partition coefficient (Wildman–Crippen LogP) is 4.14. The van der Waals surface area contributed by atoms with Gasteiger partial charge in [-0.3, -0.25) is 0 Å². The van der Waals surface area contributed by atoms with Gasteiger partial charge in [0.05, 0.1) is 16.9 Å². The summed E-state index contributed by atoms with van der Waals surface area (Å²) in [6.45, 7) is 0.888. The number of halogens is 1. The number of nitriles is 1. The molecule has 1 aliphatic heterocycles. The molecule has 0 bridgehead atoms. The molecule has 0 spiro atoms. The molecule has 0 unspecified atom stereocenters. The van der Waals surface area contributed by atoms with Crippen LogP contribution in [0.5, 0.6) is 0 Å². The first-order chi connectivity index (χ1) is 11.3. The topological polar surface area (TPSA) is 53.6 Å². The van der Waals surface area contributed by atoms with Gasteiger partial charge in [0, 0.05) is 22.1 Å². The molecule has 0 atom stereocenters. The van der Waals surface area contributed by atoms with E-state index in [4.69, 9.17) is 5.10 Å². The molecule has 1 N–H and O–H groups in total. The SMILES string of the molecule is N#Cc1ccccc1-n1nc(-c2ccccc2Br)c2c1NCC2. The van der Waals surface area contributed by atoms with Gasteiger partial charge in [0.15, 0.2) is 0 Å². The van der Waals surface area contributed by atoms with Gasteiger partial charge in [0.25, 0.3) is 0 Å². The monoisotopic (exact) mass is 364 g/mol. The van der Waals surface area contributed by atoms with Gasteiger partial charge in [-0.05, 0) is 24.6 Å². The van der Waals surface area contributed by atoms with E-state index < -0.39 is 0 Å². The molecule has 2 aromatic carbocycles. The summed E-state index contributed by atoms with van der Waals surface area (Å²) in [7, 11) is 0. The lowest BCUT2D eigenvalue weighted by molar-refractivity contribution is 0.879. The van der Waals surface area contributed by atoms with Crippen LogP contribution in [0.15, 0.2) is 53.0 Å². The molecule has 4 rings (SSSR count). The molecule has 1 aliphatic rings. The van der Waals surface area contributed by atoms with Gasteiger partial charge < -0.3 is 5.32 Å². The predicted molar refractivity (Wildman–Crippen MR) is 93.6 cm³/mol. The third kappa shape index (κ3) is 2.23. The van der Waals surface area contributed by atoms with Crippen molar-refractivity contribution in [3.63, 3.8) is 0 Å². The fraction of sp³-hybridized carbons (Fsp3) is 0.111. The molecule has 23 heavy (non-hydrogen) atoms. The van der Waals surface area contributed by atoms with Crippen molar-refractivity contribution in [1.82, 2.24) is 9.78 Å². The van der Waals surface area contributed by atoms with E-state index in [0.29, 0.717) is 5.56 Å². The van der Waals surface area contributed by atoms with Crippen LogP contribution in [-0.2, 0) is 6.42 Å². The van der Waals surface area contributed by atoms with Crippen molar-refractivity contribution in [2.24, 2.45) is 0 Å². The van der Waals surface area contributed by atoms with Crippen molar-refractivity contribution >= 4 is 21.7 Å². The van der Waals surface area contributed by atoms with Crippen molar-refractivity contribution in [3.8, 4) is 23.0 Å². The highest BCUT2D eigenvalue weighted by atomic mass is 79.9. The van der Waals surface area contributed by atoms with Crippen LogP contribution in [-0.4, -0.2) is 16.3 Å². The highest BCUT2D eigenvalue weighted by Gasteiger charge is 2.25. The molecular weight excluding hydrogens is 352 g/mol. The second kappa shape index (κ2) is 5.56. The van der Waals surface area contributed by atoms with Crippen molar-refractivity contribution < 1.29 is 0 Å². The maximum atomic E-state index is 9.38. The number of hydrogen-bond acceptors (Lipinski definition) is 3. The quantitative estimate of drug-likeness (QED) is 0.743. The Kier molecular flexibility index (Phi) is 3.40. The number of benzene rings is 2. The molecule has 1 aromatic heterocycles. The average Bonchev–Trinajstić information content (AvgIpc) is 3.18. The second-order valence-corrected chi connectivity index (χ2v) is 6.23. The van der Waals surface area contributed by atoms with E-state index in [2.05, 4.69) is 33.4 Å². The maximum absolute atomic E-state index is 9.38. The molecule has 0 saturated heterocycles. The number of nitrogens with one attached hydrogen (secondary N) is 1. The van der Waals surface area contributed by atoms with Crippen molar-refractivity contribution in [3.05, 3.63) is 64.1 Å². The molecule has 0 radical (unpaired) electrons. The molecule has 3 aromatic rings. The molecule has 2 heterocycles. The number of hydrogen-bond donors (Lipinski definition) is 1. The minimum Gasteiger partial charge on any atom is -0.369 e. The summed E-state index contributed by atoms with van der Waals surface area (Å²) in [5, 5.41) is 17.6. The lowest BCUT2D eigenvalue weighted by Gasteiger charge is -2.08. The standard InChI is InChI=1S/C18H13BrN4/c19-15-7-3-2-6-13(15)17-14-9-10-21-18(14)23(22-17)16-8-4-1-5-12(16)11-20/h1-8,21H,9-10H2. The van der Waals surface area contributed by atoms with E-state index in [1.807, 2.05) is 47.1 Å². The summed E-state index contributed by atoms with van der Waals surface area (Å²) >= 11 is 3.61. The number of anilines is 1. The largest absolute Gasteiger partial charge is 0.369 e. The van der Waals surface area contributed by atoms with Gasteiger partial charge in [-0.2, -0.15) is 10.4 Å². The Morgan fingerprint density at radius 3 is 2.74 bits per heavy atom. The van der Waals surface area contributed by atoms with Crippen molar-refractivity contribution in [1.29, 1.82) is 5.26 Å². The first kappa shape index (κ1) is 14.0. The van der Waals surface area contributed by atoms with E-state index in [-0.39, 0.29) is 0 Å². The van der Waals surface area contributed by atoms with E-state index in [0.717, 1.165) is 40.2 Å². The van der Waals surface area contributed by atoms with Gasteiger partial charge >= 0.3 is 0 Å². The lowest BCUT2D eigenvalue weighted by atomic mass is 10.1. The summed E-state index contributed by atoms with van der Waals surface area (Å²) in [4.78, 5) is 0. The average molecular weight is 365 g/mol. The van der Waals surface area contributed by atoms with Crippen LogP contribution >= 0.6 is 15.9 Å². The van der Waals surface area contributed by atoms with Crippen LogP contribution in [0.25, 0.3) is 16.9 Å². The minimum absolute atomic E-state index is 0.616. The molecule has 0 amide bonds. The smallest absolute Gasteiger partial charge is 0.133 e. The third-order valence-electron chi connectivity index (χ3n) is 4.03. The Bertz CT molecular complexity index is 936. The van der Waals surface area contributed by atoms with Crippen LogP contribution in [0.1, 0.15) is 11.1 Å². The first-order valence-corrected chi connectivity index (χ1v) is 8.19. The zero-order valence-corrected chi connectivity index (χ0v) is 13.8. The van der Waals surface area contributed by atoms with Gasteiger partial charge in [-0.25, -0.2) is 4.68 Å². The lowest BCUT2D eigenvalue weighted by Crippen LogP contribution is -2.05. The Hall–Kier alpha value is -2.58. The van der Waals surface area contributed by atoms with Crippen molar-refractivity contribution in [2.75, 3.05) is 11.9 Å². The number of para-hydroxylation sites is 1. The summed E-state index contributed by atoms with van der Waals surface area (Å²) in [5.74, 6) is 0.985. The molecule has 4 nitrogen and oxygen atoms in total. The minimum atomic E-state index is 0.616. The summed E-state index contributed by atoms with van der Waals surface area (Å²) < 4.78 is 2.88. The summed E-state index contributed by atoms with van der Waals surface area (Å²) in [6, 6.07) is 17.9. The molecule has 0 saturated carbocycles. The number of rotatable bonds is 2. The zero-order chi connectivity index (χ0) is 15.8. The normalized spacial score (nSPS) is 12.5. The second-order valence-electron chi connectivity index (χ2n) is 5.37. The Balaban J connectivity index is 1.96. The molecule has 5 heteroatoms. The fourth-order valence-corrected chi connectivity index (χ4v) is 3.44. The maximum Gasteiger partial charge on any atom is 0.133 e. The Morgan fingerprint density at radius 1 is 1.13 bits per heavy atom. The van der Waals surface area contributed by atoms with E-state index in [1.165, 1.54) is 5.56 Å². The van der Waals surface area contributed by atoms with Crippen LogP contribution in [0.2, 0.25) is 0 Å². The number of nitrogens with zero attached hydrogens (tertiary/aromatic N) is 3. The Labute approximate surface area is 142 Å². The van der Waals surface area contributed by atoms with Gasteiger partial charge in [-0.1, -0.05) is 46.3 Å². The summed E-state index contributed by atoms with van der Waals surface area (Å²) in [6.07, 6.45) is 0.931. The first-order valence-electron chi connectivity index (χ1n) is 7.40. The molecule has 0 aliphatic carbocycles. The van der Waals surface area contributed by atoms with E-state index >= 15 is 0 Å². The van der Waals surface area contributed by atoms with E-state index in [1.54, 1.807) is 0 Å². The van der Waals surface area contributed by atoms with Crippen LogP contribution in [0.3, 0.4) is 0 Å². The highest BCUT2D eigenvalue weighted by Crippen LogP contribution is 2.37. The number of aromatic nitrogens is 2. The van der Waals surface area contributed by atoms with Crippen LogP contribution in [0.4, 0.5) is 5.82 Å². The van der Waals surface area contributed by atoms with Gasteiger partial charge in [0.1, 0.15) is 11.9 Å². The van der Waals surface area contributed by atoms with Gasteiger partial charge in [0.2, 0.25) is 0 Å². The van der Waals surface area contributed by atoms with Crippen LogP contribution < -0.4 is 5.32 Å². The Morgan fingerprint density at radius 2 is 1.91 bits per heavy atom. The van der Waals surface area contributed by atoms with E-state index in [9.17, 15) is 5.26 Å². The molecule has 0 fully saturated rings. The zero-order valence-electron chi connectivity index (χ0n) is 12.3.